The molecular formula is C76H128N6O28. The molecule has 0 spiro atoms. The summed E-state index contributed by atoms with van der Waals surface area (Å²) in [5, 5.41) is 71.8. The van der Waals surface area contributed by atoms with Gasteiger partial charge in [-0.3, -0.25) is 91.2 Å². The number of ether oxygens (including phenoxy) is 2. The molecule has 0 aliphatic heterocycles. The maximum Gasteiger partial charge on any atom is 0.306 e. The van der Waals surface area contributed by atoms with Crippen LogP contribution < -0.4 is 26.9 Å². The van der Waals surface area contributed by atoms with Crippen LogP contribution in [0.15, 0.2) is 0 Å². The molecule has 2 aliphatic carbocycles. The predicted octanol–water partition coefficient (Wildman–Crippen LogP) is 8.44. The zero-order chi connectivity index (χ0) is 82.4. The van der Waals surface area contributed by atoms with Crippen LogP contribution in [0.2, 0.25) is 0 Å². The van der Waals surface area contributed by atoms with E-state index in [9.17, 15) is 87.5 Å². The fourth-order valence-electron chi connectivity index (χ4n) is 12.9. The van der Waals surface area contributed by atoms with Crippen LogP contribution in [-0.2, 0) is 101 Å². The van der Waals surface area contributed by atoms with Gasteiger partial charge < -0.3 is 66.5 Å². The van der Waals surface area contributed by atoms with Crippen molar-refractivity contribution in [1.82, 2.24) is 32.0 Å². The highest BCUT2D eigenvalue weighted by molar-refractivity contribution is 5.91. The number of nitrogens with zero attached hydrogens (tertiary/aromatic N) is 1. The number of rotatable bonds is 67. The summed E-state index contributed by atoms with van der Waals surface area (Å²) in [6.45, 7) is 2.63. The summed E-state index contributed by atoms with van der Waals surface area (Å²) in [4.78, 5) is 208. The van der Waals surface area contributed by atoms with Crippen LogP contribution >= 0.6 is 0 Å². The molecule has 630 valence electrons. The third-order valence-electron chi connectivity index (χ3n) is 19.2. The molecule has 0 aromatic rings. The van der Waals surface area contributed by atoms with Gasteiger partial charge in [0.1, 0.15) is 11.6 Å². The lowest BCUT2D eigenvalue weighted by atomic mass is 9.78. The number of unbranched alkanes of at least 4 members (excludes halogenated alkanes) is 18. The second-order valence-electron chi connectivity index (χ2n) is 27.9. The number of carbonyl (C=O) groups excluding carboxylic acids is 10. The van der Waals surface area contributed by atoms with E-state index in [1.165, 1.54) is 5.17 Å². The lowest BCUT2D eigenvalue weighted by Gasteiger charge is -2.28. The normalized spacial score (nSPS) is 16.0. The second kappa shape index (κ2) is 71.0. The van der Waals surface area contributed by atoms with Crippen molar-refractivity contribution in [3.8, 4) is 0 Å². The van der Waals surface area contributed by atoms with E-state index in [2.05, 4.69) is 26.9 Å². The van der Waals surface area contributed by atoms with Gasteiger partial charge in [-0.05, 0) is 140 Å². The van der Waals surface area contributed by atoms with Crippen LogP contribution in [0, 0.1) is 35.5 Å². The third kappa shape index (κ3) is 60.4. The first-order valence-electron chi connectivity index (χ1n) is 39.1. The van der Waals surface area contributed by atoms with Crippen LogP contribution in [0.4, 0.5) is 0 Å². The van der Waals surface area contributed by atoms with E-state index in [-0.39, 0.29) is 168 Å². The minimum absolute atomic E-state index is 0.0101. The fraction of sp³-hybridized carbons (Fsp3) is 0.776. The average Bonchev–Trinajstić information content (AvgIpc) is 0.875. The summed E-state index contributed by atoms with van der Waals surface area (Å²) in [5.41, 5.74) is 2.62. The van der Waals surface area contributed by atoms with E-state index >= 15 is 0 Å². The fourth-order valence-corrected chi connectivity index (χ4v) is 12.9. The molecule has 0 saturated heterocycles. The molecule has 0 aromatic heterocycles. The van der Waals surface area contributed by atoms with Crippen LogP contribution in [0.1, 0.15) is 283 Å². The topological polar surface area (TPSA) is 532 Å². The molecule has 0 aromatic carbocycles. The molecule has 0 bridgehead atoms. The molecule has 0 heterocycles. The number of hydrazine groups is 1. The lowest BCUT2D eigenvalue weighted by Crippen LogP contribution is -2.41. The molecule has 4 atom stereocenters. The van der Waals surface area contributed by atoms with E-state index < -0.39 is 59.6 Å². The zero-order valence-corrected chi connectivity index (χ0v) is 64.5. The Morgan fingerprint density at radius 3 is 1.03 bits per heavy atom. The first-order chi connectivity index (χ1) is 52.9. The van der Waals surface area contributed by atoms with Crippen molar-refractivity contribution < 1.29 is 136 Å². The van der Waals surface area contributed by atoms with Crippen molar-refractivity contribution in [3.05, 3.63) is 0 Å². The number of hydrogen-bond acceptors (Lipinski definition) is 23. The smallest absolute Gasteiger partial charge is 0.306 e. The monoisotopic (exact) mass is 1570 g/mol. The number of carboxylic acid groups (broad SMARTS) is 7. The van der Waals surface area contributed by atoms with Crippen molar-refractivity contribution in [2.24, 2.45) is 35.5 Å². The quantitative estimate of drug-likeness (QED) is 0.0154. The minimum Gasteiger partial charge on any atom is -0.483 e. The maximum absolute atomic E-state index is 13.3. The van der Waals surface area contributed by atoms with Crippen LogP contribution in [0.3, 0.4) is 0 Å². The molecule has 110 heavy (non-hydrogen) atoms. The summed E-state index contributed by atoms with van der Waals surface area (Å²) in [5.74, 6) is -9.49. The van der Waals surface area contributed by atoms with Crippen molar-refractivity contribution in [3.63, 3.8) is 0 Å². The Hall–Kier alpha value is -8.37. The van der Waals surface area contributed by atoms with Crippen molar-refractivity contribution in [1.29, 1.82) is 0 Å². The Kier molecular flexibility index (Phi) is 66.9. The predicted molar refractivity (Wildman–Crippen MR) is 397 cm³/mol. The van der Waals surface area contributed by atoms with Gasteiger partial charge in [0.05, 0.1) is 50.3 Å². The minimum atomic E-state index is -1.21. The highest BCUT2D eigenvalue weighted by atomic mass is 16.8. The number of carbonyl (C=O) groups is 17. The Balaban J connectivity index is 0. The van der Waals surface area contributed by atoms with Gasteiger partial charge in [-0.2, -0.15) is 0 Å². The average molecular weight is 1570 g/mol. The van der Waals surface area contributed by atoms with Gasteiger partial charge in [0.2, 0.25) is 23.6 Å². The molecule has 34 nitrogen and oxygen atoms in total. The molecule has 12 N–H and O–H groups in total. The van der Waals surface area contributed by atoms with Gasteiger partial charge in [0.15, 0.2) is 11.6 Å². The molecule has 2 rings (SSSR count). The second-order valence-corrected chi connectivity index (χ2v) is 27.9. The molecule has 2 aliphatic rings. The van der Waals surface area contributed by atoms with E-state index in [0.717, 1.165) is 128 Å². The number of aliphatic carboxylic acids is 4. The maximum atomic E-state index is 13.3. The van der Waals surface area contributed by atoms with Crippen molar-refractivity contribution in [2.75, 3.05) is 46.6 Å². The third-order valence-corrected chi connectivity index (χ3v) is 19.2. The van der Waals surface area contributed by atoms with E-state index in [1.54, 1.807) is 7.05 Å². The molecule has 2 fully saturated rings. The number of ketones is 4. The highest BCUT2D eigenvalue weighted by Gasteiger charge is 2.33. The Labute approximate surface area is 645 Å². The van der Waals surface area contributed by atoms with E-state index in [1.807, 2.05) is 0 Å². The number of hydrogen-bond donors (Lipinski definition) is 12. The number of amides is 4. The lowest BCUT2D eigenvalue weighted by molar-refractivity contribution is -0.258. The van der Waals surface area contributed by atoms with Gasteiger partial charge >= 0.3 is 23.9 Å². The van der Waals surface area contributed by atoms with Crippen LogP contribution in [-0.4, -0.2) is 203 Å². The number of hydroxylamine groups is 1. The molecule has 34 heteroatoms. The van der Waals surface area contributed by atoms with E-state index in [0.29, 0.717) is 116 Å². The van der Waals surface area contributed by atoms with Crippen LogP contribution in [0.25, 0.3) is 0 Å². The Morgan fingerprint density at radius 2 is 0.691 bits per heavy atom. The summed E-state index contributed by atoms with van der Waals surface area (Å²) >= 11 is 0. The molecule has 0 radical (unpaired) electrons. The Morgan fingerprint density at radius 1 is 0.382 bits per heavy atom. The Bertz CT molecular complexity index is 2610. The van der Waals surface area contributed by atoms with Crippen molar-refractivity contribution in [2.45, 2.75) is 295 Å². The molecular weight excluding hydrogens is 1440 g/mol. The number of carboxylic acids is 4. The number of Topliss-reactive ketones (excluding diaryl/α,β-unsaturated/α-hetero) is 4. The number of nitrogens with one attached hydrogen (secondary N) is 5. The molecule has 2 saturated carbocycles. The largest absolute Gasteiger partial charge is 0.483 e. The zero-order valence-electron chi connectivity index (χ0n) is 64.5. The SMILES string of the molecule is CN(NOCCCCCC(=O)[C@H](CCC(=O)O)NC(=O)CC[C@@H](CC(=O)C1CCC(CNC(=O)CCCCCCCCCCOC=O)CC1)C(=O)O)OCCCCCC(=O)[C@H](CCC(=O)O)NC(=O)CC[C@@H](CC(=O)C1CCC(CNC(=O)CCCCCCCCCCOC=O)CC1)C(=O)O.O=CO.O=CO.O=CO. The van der Waals surface area contributed by atoms with Gasteiger partial charge in [-0.15, -0.1) is 10.8 Å². The van der Waals surface area contributed by atoms with Crippen LogP contribution in [0.5, 0.6) is 0 Å². The van der Waals surface area contributed by atoms with Crippen molar-refractivity contribution >= 4 is 103 Å². The summed E-state index contributed by atoms with van der Waals surface area (Å²) in [6, 6.07) is -2.20. The highest BCUT2D eigenvalue weighted by Crippen LogP contribution is 2.33. The van der Waals surface area contributed by atoms with E-state index in [4.69, 9.17) is 48.9 Å². The van der Waals surface area contributed by atoms with Gasteiger partial charge in [-0.1, -0.05) is 89.9 Å². The first kappa shape index (κ1) is 104. The summed E-state index contributed by atoms with van der Waals surface area (Å²) in [6.07, 6.45) is 22.9. The summed E-state index contributed by atoms with van der Waals surface area (Å²) in [7, 11) is 1.57. The van der Waals surface area contributed by atoms with Gasteiger partial charge in [0.25, 0.3) is 32.4 Å². The first-order valence-corrected chi connectivity index (χ1v) is 39.1. The standard InChI is InChI=1S/C73H122N6O22.3CH2O2/c1-79(101-47-23-15-17-25-63(83)61(39-43-71(92)93)77-69(89)41-37-59(73(96)97)49-65(85)57-34-30-55(31-35-57)51-75-67(87)27-19-11-7-3-5-9-13-21-45-99-53-81)78-100-46-22-14-16-24-62(82)60(38-42-70(90)91)76-68(88)40-36-58(72(94)95)48-64(84)56-32-28-54(29-33-56)50-74-66(86)26-18-10-6-2-4-8-12-20-44-98-52-80;3*2-1-3/h52-61,78H,2-51H2,1H3,(H,74,86)(H,75,87)(H,76,88)(H,77,89)(H,90,91)(H,92,93)(H,94,95)(H,96,97);3*1H,(H,2,3)/t54?,55?,56?,57?,58-,59-,60-,61-;;;/m0.../s1. The molecule has 4 amide bonds. The van der Waals surface area contributed by atoms with Gasteiger partial charge in [-0.25, -0.2) is 0 Å². The molecule has 0 unspecified atom stereocenters. The van der Waals surface area contributed by atoms with Gasteiger partial charge in [0, 0.05) is 96.2 Å². The summed E-state index contributed by atoms with van der Waals surface area (Å²) < 4.78 is 9.39.